The van der Waals surface area contributed by atoms with Crippen molar-refractivity contribution in [2.45, 2.75) is 6.54 Å². The number of para-hydroxylation sites is 2. The number of aryl methyl sites for hydroxylation is 1. The summed E-state index contributed by atoms with van der Waals surface area (Å²) in [7, 11) is 1.81. The molecule has 0 radical (unpaired) electrons. The van der Waals surface area contributed by atoms with Crippen LogP contribution in [0.3, 0.4) is 0 Å². The van der Waals surface area contributed by atoms with Crippen molar-refractivity contribution in [3.05, 3.63) is 80.4 Å². The van der Waals surface area contributed by atoms with E-state index in [4.69, 9.17) is 5.26 Å². The molecule has 7 heteroatoms. The number of aromatic nitrogens is 4. The van der Waals surface area contributed by atoms with Crippen LogP contribution in [0.1, 0.15) is 11.1 Å². The molecule has 0 N–H and O–H groups in total. The molecular formula is C18H13N5O2. The number of fused-ring (bicyclic) bond motifs is 3. The molecule has 0 aliphatic carbocycles. The molecule has 7 nitrogen and oxygen atoms in total. The number of nitrogens with zero attached hydrogens (tertiary/aromatic N) is 5. The zero-order valence-corrected chi connectivity index (χ0v) is 13.4. The van der Waals surface area contributed by atoms with Crippen LogP contribution >= 0.6 is 0 Å². The van der Waals surface area contributed by atoms with Crippen molar-refractivity contribution in [3.63, 3.8) is 0 Å². The van der Waals surface area contributed by atoms with E-state index in [0.29, 0.717) is 16.9 Å². The van der Waals surface area contributed by atoms with Gasteiger partial charge < -0.3 is 4.57 Å². The maximum atomic E-state index is 12.6. The van der Waals surface area contributed by atoms with Crippen molar-refractivity contribution in [2.24, 2.45) is 7.05 Å². The second-order valence-corrected chi connectivity index (χ2v) is 5.76. The molecule has 0 aliphatic heterocycles. The van der Waals surface area contributed by atoms with Crippen molar-refractivity contribution < 1.29 is 0 Å². The molecule has 25 heavy (non-hydrogen) atoms. The van der Waals surface area contributed by atoms with Gasteiger partial charge in [-0.3, -0.25) is 9.59 Å². The molecular weight excluding hydrogens is 318 g/mol. The van der Waals surface area contributed by atoms with E-state index in [0.717, 1.165) is 15.8 Å². The van der Waals surface area contributed by atoms with Crippen molar-refractivity contribution in [2.75, 3.05) is 0 Å². The van der Waals surface area contributed by atoms with Gasteiger partial charge in [-0.1, -0.05) is 24.3 Å². The van der Waals surface area contributed by atoms with Gasteiger partial charge in [0.05, 0.1) is 29.2 Å². The monoisotopic (exact) mass is 331 g/mol. The van der Waals surface area contributed by atoms with E-state index in [1.54, 1.807) is 41.9 Å². The van der Waals surface area contributed by atoms with Crippen LogP contribution in [0, 0.1) is 11.3 Å². The third-order valence-corrected chi connectivity index (χ3v) is 4.23. The van der Waals surface area contributed by atoms with Gasteiger partial charge in [-0.15, -0.1) is 5.10 Å². The van der Waals surface area contributed by atoms with Crippen LogP contribution in [0.5, 0.6) is 0 Å². The third-order valence-electron chi connectivity index (χ3n) is 4.23. The van der Waals surface area contributed by atoms with Crippen LogP contribution in [0.15, 0.2) is 58.1 Å². The van der Waals surface area contributed by atoms with E-state index in [2.05, 4.69) is 5.10 Å². The van der Waals surface area contributed by atoms with E-state index < -0.39 is 11.1 Å². The van der Waals surface area contributed by atoms with E-state index in [1.807, 2.05) is 24.3 Å². The maximum Gasteiger partial charge on any atom is 0.333 e. The molecule has 0 fully saturated rings. The standard InChI is InChI=1S/C18H13N5O2/c1-21-14-4-2-3-5-15(14)23-17(25)16(24)22(20-18(21)23)11-13-8-6-12(10-19)7-9-13/h2-9H,11H2,1H3. The van der Waals surface area contributed by atoms with Gasteiger partial charge in [-0.25, -0.2) is 9.08 Å². The normalized spacial score (nSPS) is 11.0. The Morgan fingerprint density at radius 2 is 1.68 bits per heavy atom. The quantitative estimate of drug-likeness (QED) is 0.518. The lowest BCUT2D eigenvalue weighted by molar-refractivity contribution is 0.618. The minimum atomic E-state index is -0.682. The van der Waals surface area contributed by atoms with Crippen molar-refractivity contribution in [3.8, 4) is 6.07 Å². The minimum absolute atomic E-state index is 0.164. The predicted octanol–water partition coefficient (Wildman–Crippen LogP) is 1.27. The smallest absolute Gasteiger partial charge is 0.311 e. The van der Waals surface area contributed by atoms with Crippen LogP contribution in [-0.4, -0.2) is 18.7 Å². The van der Waals surface area contributed by atoms with Crippen LogP contribution in [0.4, 0.5) is 0 Å². The largest absolute Gasteiger partial charge is 0.333 e. The Balaban J connectivity index is 1.93. The molecule has 0 unspecified atom stereocenters. The summed E-state index contributed by atoms with van der Waals surface area (Å²) in [5.41, 5.74) is 1.49. The molecule has 0 saturated carbocycles. The molecule has 2 aromatic heterocycles. The van der Waals surface area contributed by atoms with Crippen LogP contribution < -0.4 is 11.1 Å². The fraction of sp³-hybridized carbons (Fsp3) is 0.111. The van der Waals surface area contributed by atoms with Gasteiger partial charge >= 0.3 is 11.1 Å². The molecule has 2 heterocycles. The average Bonchev–Trinajstić information content (AvgIpc) is 2.93. The first-order valence-corrected chi connectivity index (χ1v) is 7.66. The topological polar surface area (TPSA) is 85.1 Å². The SMILES string of the molecule is Cn1c2ccccc2n2c(=O)c(=O)n(Cc3ccc(C#N)cc3)nc12. The first kappa shape index (κ1) is 14.9. The summed E-state index contributed by atoms with van der Waals surface area (Å²) in [6, 6.07) is 16.2. The summed E-state index contributed by atoms with van der Waals surface area (Å²) < 4.78 is 4.29. The Hall–Kier alpha value is -3.66. The molecule has 0 bridgehead atoms. The predicted molar refractivity (Wildman–Crippen MR) is 92.5 cm³/mol. The van der Waals surface area contributed by atoms with Gasteiger partial charge in [-0.2, -0.15) is 5.26 Å². The number of nitriles is 1. The fourth-order valence-corrected chi connectivity index (χ4v) is 2.94. The first-order chi connectivity index (χ1) is 12.1. The van der Waals surface area contributed by atoms with E-state index in [-0.39, 0.29) is 6.54 Å². The summed E-state index contributed by atoms with van der Waals surface area (Å²) in [6.07, 6.45) is 0. The van der Waals surface area contributed by atoms with Crippen LogP contribution in [0.2, 0.25) is 0 Å². The van der Waals surface area contributed by atoms with Crippen molar-refractivity contribution in [1.29, 1.82) is 5.26 Å². The average molecular weight is 331 g/mol. The van der Waals surface area contributed by atoms with Gasteiger partial charge in [0.2, 0.25) is 5.78 Å². The highest BCUT2D eigenvalue weighted by Crippen LogP contribution is 2.15. The Bertz CT molecular complexity index is 1270. The lowest BCUT2D eigenvalue weighted by atomic mass is 10.1. The Labute approximate surface area is 141 Å². The summed E-state index contributed by atoms with van der Waals surface area (Å²) in [5.74, 6) is 0.402. The summed E-state index contributed by atoms with van der Waals surface area (Å²) in [6.45, 7) is 0.164. The van der Waals surface area contributed by atoms with Crippen LogP contribution in [-0.2, 0) is 13.6 Å². The number of hydrogen-bond donors (Lipinski definition) is 0. The van der Waals surface area contributed by atoms with Gasteiger partial charge in [0.25, 0.3) is 0 Å². The zero-order chi connectivity index (χ0) is 17.6. The molecule has 0 amide bonds. The van der Waals surface area contributed by atoms with Crippen molar-refractivity contribution in [1.82, 2.24) is 18.7 Å². The van der Waals surface area contributed by atoms with Crippen LogP contribution in [0.25, 0.3) is 16.8 Å². The maximum absolute atomic E-state index is 12.6. The summed E-state index contributed by atoms with van der Waals surface area (Å²) >= 11 is 0. The molecule has 122 valence electrons. The Morgan fingerprint density at radius 3 is 2.36 bits per heavy atom. The van der Waals surface area contributed by atoms with Gasteiger partial charge in [0.15, 0.2) is 0 Å². The summed E-state index contributed by atoms with van der Waals surface area (Å²) in [5, 5.41) is 13.2. The van der Waals surface area contributed by atoms with Gasteiger partial charge in [-0.05, 0) is 29.8 Å². The number of benzene rings is 2. The van der Waals surface area contributed by atoms with Gasteiger partial charge in [0, 0.05) is 7.05 Å². The molecule has 0 atom stereocenters. The zero-order valence-electron chi connectivity index (χ0n) is 13.4. The molecule has 4 rings (SSSR count). The van der Waals surface area contributed by atoms with Crippen molar-refractivity contribution >= 4 is 16.8 Å². The molecule has 0 saturated heterocycles. The molecule has 4 aromatic rings. The Kier molecular flexibility index (Phi) is 3.25. The summed E-state index contributed by atoms with van der Waals surface area (Å²) in [4.78, 5) is 25.1. The fourth-order valence-electron chi connectivity index (χ4n) is 2.94. The second kappa shape index (κ2) is 5.46. The lowest BCUT2D eigenvalue weighted by Crippen LogP contribution is -2.40. The van der Waals surface area contributed by atoms with Gasteiger partial charge in [0.1, 0.15) is 0 Å². The second-order valence-electron chi connectivity index (χ2n) is 5.76. The van der Waals surface area contributed by atoms with E-state index in [1.165, 1.54) is 4.40 Å². The molecule has 2 aromatic carbocycles. The number of rotatable bonds is 2. The minimum Gasteiger partial charge on any atom is -0.311 e. The first-order valence-electron chi connectivity index (χ1n) is 7.66. The Morgan fingerprint density at radius 1 is 1.00 bits per heavy atom. The third kappa shape index (κ3) is 2.23. The highest BCUT2D eigenvalue weighted by molar-refractivity contribution is 5.80. The highest BCUT2D eigenvalue weighted by Gasteiger charge is 2.15. The lowest BCUT2D eigenvalue weighted by Gasteiger charge is -2.05. The number of imidazole rings is 1. The number of hydrogen-bond acceptors (Lipinski definition) is 4. The van der Waals surface area contributed by atoms with E-state index >= 15 is 0 Å². The molecule has 0 spiro atoms. The van der Waals surface area contributed by atoms with E-state index in [9.17, 15) is 9.59 Å². The highest BCUT2D eigenvalue weighted by atomic mass is 16.2. The molecule has 0 aliphatic rings.